The number of ether oxygens (including phenoxy) is 1. The van der Waals surface area contributed by atoms with Gasteiger partial charge in [0.2, 0.25) is 10.0 Å². The molecule has 2 rings (SSSR count). The molecule has 0 aliphatic carbocycles. The van der Waals surface area contributed by atoms with E-state index in [4.69, 9.17) is 15.6 Å². The molecule has 0 radical (unpaired) electrons. The van der Waals surface area contributed by atoms with Gasteiger partial charge in [0.05, 0.1) is 12.0 Å². The van der Waals surface area contributed by atoms with Crippen LogP contribution in [0.25, 0.3) is 0 Å². The Bertz CT molecular complexity index is 773. The zero-order valence-electron chi connectivity index (χ0n) is 11.8. The Morgan fingerprint density at radius 2 is 1.81 bits per heavy atom. The third-order valence-corrected chi connectivity index (χ3v) is 3.83. The van der Waals surface area contributed by atoms with E-state index in [1.54, 1.807) is 13.2 Å². The minimum Gasteiger partial charge on any atom is -0.496 e. The van der Waals surface area contributed by atoms with Crippen molar-refractivity contribution >= 4 is 27.1 Å². The van der Waals surface area contributed by atoms with Crippen LogP contribution in [0.4, 0.5) is 17.1 Å². The Balaban J connectivity index is 2.36. The van der Waals surface area contributed by atoms with Crippen molar-refractivity contribution in [3.8, 4) is 5.75 Å². The summed E-state index contributed by atoms with van der Waals surface area (Å²) in [4.78, 5) is -0.0322. The van der Waals surface area contributed by atoms with Crippen molar-refractivity contribution in [3.63, 3.8) is 0 Å². The van der Waals surface area contributed by atoms with E-state index in [0.29, 0.717) is 11.4 Å². The molecule has 2 aromatic rings. The van der Waals surface area contributed by atoms with Gasteiger partial charge in [0.15, 0.2) is 0 Å². The fraction of sp³-hybridized carbons (Fsp3) is 0.143. The Kier molecular flexibility index (Phi) is 4.06. The maximum Gasteiger partial charge on any atom is 0.238 e. The van der Waals surface area contributed by atoms with Gasteiger partial charge in [-0.05, 0) is 48.9 Å². The Hall–Kier alpha value is -2.25. The molecule has 0 bridgehead atoms. The summed E-state index contributed by atoms with van der Waals surface area (Å²) >= 11 is 0. The number of anilines is 3. The minimum absolute atomic E-state index is 0.0322. The molecule has 112 valence electrons. The molecule has 0 saturated heterocycles. The second-order valence-corrected chi connectivity index (χ2v) is 6.21. The molecule has 2 aromatic carbocycles. The van der Waals surface area contributed by atoms with Gasteiger partial charge in [-0.3, -0.25) is 0 Å². The fourth-order valence-corrected chi connectivity index (χ4v) is 2.57. The van der Waals surface area contributed by atoms with Gasteiger partial charge in [-0.2, -0.15) is 0 Å². The minimum atomic E-state index is -3.80. The molecule has 0 saturated carbocycles. The number of aryl methyl sites for hydroxylation is 1. The number of benzene rings is 2. The molecule has 0 atom stereocenters. The largest absolute Gasteiger partial charge is 0.496 e. The highest BCUT2D eigenvalue weighted by Gasteiger charge is 2.10. The second kappa shape index (κ2) is 5.63. The van der Waals surface area contributed by atoms with Gasteiger partial charge in [-0.25, -0.2) is 13.6 Å². The van der Waals surface area contributed by atoms with E-state index >= 15 is 0 Å². The Morgan fingerprint density at radius 3 is 2.38 bits per heavy atom. The molecule has 0 heterocycles. The Labute approximate surface area is 123 Å². The van der Waals surface area contributed by atoms with Gasteiger partial charge in [0.25, 0.3) is 0 Å². The SMILES string of the molecule is COc1ccc(Nc2cc(N)cc(S(N)(=O)=O)c2)cc1C. The lowest BCUT2D eigenvalue weighted by Crippen LogP contribution is -2.12. The molecule has 0 fully saturated rings. The summed E-state index contributed by atoms with van der Waals surface area (Å²) in [6, 6.07) is 9.92. The average molecular weight is 307 g/mol. The van der Waals surface area contributed by atoms with E-state index < -0.39 is 10.0 Å². The van der Waals surface area contributed by atoms with Crippen molar-refractivity contribution < 1.29 is 13.2 Å². The van der Waals surface area contributed by atoms with Crippen molar-refractivity contribution in [2.75, 3.05) is 18.2 Å². The lowest BCUT2D eigenvalue weighted by Gasteiger charge is -2.11. The number of nitrogens with two attached hydrogens (primary N) is 2. The van der Waals surface area contributed by atoms with E-state index in [9.17, 15) is 8.42 Å². The molecule has 0 aliphatic heterocycles. The molecule has 0 spiro atoms. The first kappa shape index (κ1) is 15.1. The van der Waals surface area contributed by atoms with Crippen LogP contribution in [-0.2, 0) is 10.0 Å². The maximum atomic E-state index is 11.4. The summed E-state index contributed by atoms with van der Waals surface area (Å²) in [7, 11) is -2.20. The summed E-state index contributed by atoms with van der Waals surface area (Å²) in [5.41, 5.74) is 8.31. The van der Waals surface area contributed by atoms with Gasteiger partial charge < -0.3 is 15.8 Å². The van der Waals surface area contributed by atoms with Crippen LogP contribution in [0.15, 0.2) is 41.3 Å². The first-order valence-corrected chi connectivity index (χ1v) is 7.69. The number of methoxy groups -OCH3 is 1. The lowest BCUT2D eigenvalue weighted by molar-refractivity contribution is 0.412. The van der Waals surface area contributed by atoms with E-state index in [1.165, 1.54) is 12.1 Å². The highest BCUT2D eigenvalue weighted by molar-refractivity contribution is 7.89. The second-order valence-electron chi connectivity index (χ2n) is 4.65. The van der Waals surface area contributed by atoms with E-state index in [0.717, 1.165) is 17.0 Å². The molecule has 7 heteroatoms. The first-order valence-electron chi connectivity index (χ1n) is 6.14. The molecule has 6 nitrogen and oxygen atoms in total. The van der Waals surface area contributed by atoms with E-state index in [-0.39, 0.29) is 4.90 Å². The number of hydrogen-bond donors (Lipinski definition) is 3. The van der Waals surface area contributed by atoms with Crippen LogP contribution < -0.4 is 20.9 Å². The lowest BCUT2D eigenvalue weighted by atomic mass is 10.2. The smallest absolute Gasteiger partial charge is 0.238 e. The number of nitrogens with one attached hydrogen (secondary N) is 1. The highest BCUT2D eigenvalue weighted by Crippen LogP contribution is 2.26. The van der Waals surface area contributed by atoms with Crippen molar-refractivity contribution in [1.29, 1.82) is 0 Å². The molecule has 0 amide bonds. The van der Waals surface area contributed by atoms with Crippen LogP contribution in [-0.4, -0.2) is 15.5 Å². The fourth-order valence-electron chi connectivity index (χ4n) is 1.98. The summed E-state index contributed by atoms with van der Waals surface area (Å²) in [5.74, 6) is 0.776. The molecule has 0 unspecified atom stereocenters. The molecule has 21 heavy (non-hydrogen) atoms. The van der Waals surface area contributed by atoms with Gasteiger partial charge >= 0.3 is 0 Å². The maximum absolute atomic E-state index is 11.4. The van der Waals surface area contributed by atoms with E-state index in [1.807, 2.05) is 25.1 Å². The zero-order valence-corrected chi connectivity index (χ0v) is 12.6. The monoisotopic (exact) mass is 307 g/mol. The van der Waals surface area contributed by atoms with Gasteiger partial charge in [-0.1, -0.05) is 0 Å². The molecule has 5 N–H and O–H groups in total. The third kappa shape index (κ3) is 3.65. The molecular weight excluding hydrogens is 290 g/mol. The number of primary sulfonamides is 1. The van der Waals surface area contributed by atoms with Crippen molar-refractivity contribution in [2.45, 2.75) is 11.8 Å². The standard InChI is InChI=1S/C14H17N3O3S/c1-9-5-11(3-4-14(9)20-2)17-12-6-10(15)7-13(8-12)21(16,18)19/h3-8,17H,15H2,1-2H3,(H2,16,18,19). The van der Waals surface area contributed by atoms with Crippen LogP contribution in [0.3, 0.4) is 0 Å². The predicted molar refractivity (Wildman–Crippen MR) is 83.2 cm³/mol. The average Bonchev–Trinajstić information content (AvgIpc) is 2.37. The number of nitrogen functional groups attached to an aromatic ring is 1. The Morgan fingerprint density at radius 1 is 1.10 bits per heavy atom. The summed E-state index contributed by atoms with van der Waals surface area (Å²) in [6.45, 7) is 1.92. The van der Waals surface area contributed by atoms with Crippen LogP contribution in [0, 0.1) is 6.92 Å². The predicted octanol–water partition coefficient (Wildman–Crippen LogP) is 1.98. The van der Waals surface area contributed by atoms with Crippen LogP contribution in [0.5, 0.6) is 5.75 Å². The summed E-state index contributed by atoms with van der Waals surface area (Å²) in [6.07, 6.45) is 0. The summed E-state index contributed by atoms with van der Waals surface area (Å²) < 4.78 is 28.0. The zero-order chi connectivity index (χ0) is 15.6. The van der Waals surface area contributed by atoms with Gasteiger partial charge in [-0.15, -0.1) is 0 Å². The van der Waals surface area contributed by atoms with Crippen LogP contribution in [0.1, 0.15) is 5.56 Å². The molecule has 0 aromatic heterocycles. The third-order valence-electron chi connectivity index (χ3n) is 2.94. The van der Waals surface area contributed by atoms with Crippen LogP contribution in [0.2, 0.25) is 0 Å². The van der Waals surface area contributed by atoms with Gasteiger partial charge in [0, 0.05) is 17.1 Å². The highest BCUT2D eigenvalue weighted by atomic mass is 32.2. The normalized spacial score (nSPS) is 11.2. The van der Waals surface area contributed by atoms with E-state index in [2.05, 4.69) is 5.32 Å². The molecular formula is C14H17N3O3S. The number of sulfonamides is 1. The number of rotatable bonds is 4. The van der Waals surface area contributed by atoms with Gasteiger partial charge in [0.1, 0.15) is 5.75 Å². The van der Waals surface area contributed by atoms with Crippen molar-refractivity contribution in [1.82, 2.24) is 0 Å². The topological polar surface area (TPSA) is 107 Å². The van der Waals surface area contributed by atoms with Crippen molar-refractivity contribution in [2.24, 2.45) is 5.14 Å². The van der Waals surface area contributed by atoms with Crippen molar-refractivity contribution in [3.05, 3.63) is 42.0 Å². The quantitative estimate of drug-likeness (QED) is 0.749. The van der Waals surface area contributed by atoms with Crippen LogP contribution >= 0.6 is 0 Å². The molecule has 0 aliphatic rings. The number of hydrogen-bond acceptors (Lipinski definition) is 5. The summed E-state index contributed by atoms with van der Waals surface area (Å²) in [5, 5.41) is 8.22. The first-order chi connectivity index (χ1) is 9.79.